The lowest BCUT2D eigenvalue weighted by Crippen LogP contribution is -2.40. The van der Waals surface area contributed by atoms with Crippen LogP contribution in [0.25, 0.3) is 0 Å². The second kappa shape index (κ2) is 4.86. The Morgan fingerprint density at radius 2 is 1.95 bits per heavy atom. The maximum Gasteiger partial charge on any atom is 0.326 e. The molecule has 1 N–H and O–H groups in total. The summed E-state index contributed by atoms with van der Waals surface area (Å²) in [4.78, 5) is 0. The van der Waals surface area contributed by atoms with Crippen molar-refractivity contribution in [2.75, 3.05) is 35.0 Å². The standard InChI is InChI=1S/C10H14FN3O4S2/c1-13-9-4-3-8(11)7-10(9)14(20(13,17)18)6-5-12-19(2,15)16/h3-4,7,12H,5-6H2,1-2H3. The Hall–Kier alpha value is -1.39. The lowest BCUT2D eigenvalue weighted by molar-refractivity contribution is 0.582. The highest BCUT2D eigenvalue weighted by Crippen LogP contribution is 2.39. The molecule has 0 fully saturated rings. The molecule has 20 heavy (non-hydrogen) atoms. The number of nitrogens with one attached hydrogen (secondary N) is 1. The Morgan fingerprint density at radius 1 is 1.30 bits per heavy atom. The highest BCUT2D eigenvalue weighted by atomic mass is 32.2. The molecule has 1 aliphatic rings. The molecule has 1 aromatic rings. The molecule has 0 aromatic heterocycles. The molecule has 1 aromatic carbocycles. The molecule has 0 bridgehead atoms. The van der Waals surface area contributed by atoms with Crippen molar-refractivity contribution in [1.29, 1.82) is 0 Å². The van der Waals surface area contributed by atoms with Crippen LogP contribution in [0.3, 0.4) is 0 Å². The predicted molar refractivity (Wildman–Crippen MR) is 73.9 cm³/mol. The molecule has 0 saturated carbocycles. The molecule has 0 spiro atoms. The van der Waals surface area contributed by atoms with E-state index < -0.39 is 26.0 Å². The molecule has 0 atom stereocenters. The van der Waals surface area contributed by atoms with Crippen molar-refractivity contribution in [3.8, 4) is 0 Å². The van der Waals surface area contributed by atoms with Gasteiger partial charge in [-0.1, -0.05) is 0 Å². The monoisotopic (exact) mass is 323 g/mol. The van der Waals surface area contributed by atoms with Crippen LogP contribution in [-0.2, 0) is 20.2 Å². The highest BCUT2D eigenvalue weighted by Gasteiger charge is 2.37. The topological polar surface area (TPSA) is 86.8 Å². The van der Waals surface area contributed by atoms with Crippen LogP contribution < -0.4 is 13.3 Å². The number of benzene rings is 1. The van der Waals surface area contributed by atoms with Gasteiger partial charge in [0.05, 0.1) is 17.6 Å². The number of fused-ring (bicyclic) bond motifs is 1. The zero-order valence-corrected chi connectivity index (χ0v) is 12.5. The van der Waals surface area contributed by atoms with Gasteiger partial charge in [0.25, 0.3) is 0 Å². The van der Waals surface area contributed by atoms with Gasteiger partial charge in [0.15, 0.2) is 0 Å². The van der Waals surface area contributed by atoms with E-state index in [2.05, 4.69) is 4.72 Å². The van der Waals surface area contributed by atoms with E-state index in [1.165, 1.54) is 19.2 Å². The van der Waals surface area contributed by atoms with Crippen molar-refractivity contribution in [2.45, 2.75) is 0 Å². The van der Waals surface area contributed by atoms with Gasteiger partial charge in [-0.3, -0.25) is 4.31 Å². The van der Waals surface area contributed by atoms with Crippen LogP contribution in [0.2, 0.25) is 0 Å². The fourth-order valence-electron chi connectivity index (χ4n) is 1.93. The maximum atomic E-state index is 13.3. The SMILES string of the molecule is CN1c2ccc(F)cc2N(CCNS(C)(=O)=O)S1(=O)=O. The predicted octanol–water partition coefficient (Wildman–Crippen LogP) is -0.124. The lowest BCUT2D eigenvalue weighted by atomic mass is 10.2. The van der Waals surface area contributed by atoms with E-state index in [0.717, 1.165) is 20.9 Å². The summed E-state index contributed by atoms with van der Waals surface area (Å²) >= 11 is 0. The molecule has 2 rings (SSSR count). The van der Waals surface area contributed by atoms with Gasteiger partial charge in [-0.2, -0.15) is 8.42 Å². The van der Waals surface area contributed by atoms with Crippen LogP contribution in [-0.4, -0.2) is 43.2 Å². The average Bonchev–Trinajstić information content (AvgIpc) is 2.48. The Morgan fingerprint density at radius 3 is 2.55 bits per heavy atom. The molecule has 1 heterocycles. The number of rotatable bonds is 4. The van der Waals surface area contributed by atoms with Crippen LogP contribution >= 0.6 is 0 Å². The van der Waals surface area contributed by atoms with E-state index in [1.54, 1.807) is 0 Å². The van der Waals surface area contributed by atoms with Crippen LogP contribution in [0, 0.1) is 5.82 Å². The smallest absolute Gasteiger partial charge is 0.254 e. The molecule has 0 saturated heterocycles. The molecule has 0 radical (unpaired) electrons. The number of halogens is 1. The summed E-state index contributed by atoms with van der Waals surface area (Å²) < 4.78 is 63.8. The second-order valence-electron chi connectivity index (χ2n) is 4.35. The van der Waals surface area contributed by atoms with Gasteiger partial charge >= 0.3 is 10.2 Å². The third-order valence-corrected chi connectivity index (χ3v) is 5.40. The van der Waals surface area contributed by atoms with Crippen molar-refractivity contribution in [2.24, 2.45) is 0 Å². The highest BCUT2D eigenvalue weighted by molar-refractivity contribution is 7.94. The molecule has 0 unspecified atom stereocenters. The largest absolute Gasteiger partial charge is 0.326 e. The third-order valence-electron chi connectivity index (χ3n) is 2.85. The van der Waals surface area contributed by atoms with Gasteiger partial charge in [0.2, 0.25) is 10.0 Å². The van der Waals surface area contributed by atoms with Gasteiger partial charge < -0.3 is 0 Å². The first-order valence-corrected chi connectivity index (χ1v) is 8.92. The van der Waals surface area contributed by atoms with Gasteiger partial charge in [-0.15, -0.1) is 0 Å². The Bertz CT molecular complexity index is 733. The minimum absolute atomic E-state index is 0.0954. The maximum absolute atomic E-state index is 13.3. The molecule has 7 nitrogen and oxygen atoms in total. The fraction of sp³-hybridized carbons (Fsp3) is 0.400. The summed E-state index contributed by atoms with van der Waals surface area (Å²) in [5.74, 6) is -0.560. The summed E-state index contributed by atoms with van der Waals surface area (Å²) in [6, 6.07) is 3.64. The Balaban J connectivity index is 2.31. The number of anilines is 2. The summed E-state index contributed by atoms with van der Waals surface area (Å²) in [7, 11) is -5.85. The van der Waals surface area contributed by atoms with E-state index >= 15 is 0 Å². The molecule has 1 aliphatic heterocycles. The van der Waals surface area contributed by atoms with E-state index in [-0.39, 0.29) is 18.8 Å². The molecular formula is C10H14FN3O4S2. The van der Waals surface area contributed by atoms with Crippen LogP contribution in [0.4, 0.5) is 15.8 Å². The van der Waals surface area contributed by atoms with E-state index in [9.17, 15) is 21.2 Å². The van der Waals surface area contributed by atoms with Gasteiger partial charge in [0, 0.05) is 26.2 Å². The summed E-state index contributed by atoms with van der Waals surface area (Å²) in [5, 5.41) is 0. The van der Waals surface area contributed by atoms with Gasteiger partial charge in [0.1, 0.15) is 5.82 Å². The van der Waals surface area contributed by atoms with E-state index in [1.807, 2.05) is 0 Å². The first kappa shape index (κ1) is 15.0. The number of hydrogen-bond donors (Lipinski definition) is 1. The summed E-state index contributed by atoms with van der Waals surface area (Å²) in [6.45, 7) is -0.210. The average molecular weight is 323 g/mol. The fourth-order valence-corrected chi connectivity index (χ4v) is 3.80. The number of sulfonamides is 1. The molecule has 10 heteroatoms. The number of nitrogens with zero attached hydrogens (tertiary/aromatic N) is 2. The lowest BCUT2D eigenvalue weighted by Gasteiger charge is -2.18. The van der Waals surface area contributed by atoms with Crippen molar-refractivity contribution >= 4 is 31.6 Å². The first-order valence-electron chi connectivity index (χ1n) is 5.64. The zero-order chi connectivity index (χ0) is 15.1. The van der Waals surface area contributed by atoms with Crippen LogP contribution in [0.15, 0.2) is 18.2 Å². The van der Waals surface area contributed by atoms with Crippen molar-refractivity contribution < 1.29 is 21.2 Å². The minimum Gasteiger partial charge on any atom is -0.254 e. The summed E-state index contributed by atoms with van der Waals surface area (Å²) in [6.07, 6.45) is 0.977. The molecular weight excluding hydrogens is 309 g/mol. The van der Waals surface area contributed by atoms with E-state index in [4.69, 9.17) is 0 Å². The van der Waals surface area contributed by atoms with E-state index in [0.29, 0.717) is 5.69 Å². The normalized spacial score (nSPS) is 17.4. The number of hydrogen-bond acceptors (Lipinski definition) is 4. The molecule has 112 valence electrons. The molecule has 0 amide bonds. The minimum atomic E-state index is -3.79. The summed E-state index contributed by atoms with van der Waals surface area (Å²) in [5.41, 5.74) is 0.550. The molecule has 0 aliphatic carbocycles. The zero-order valence-electron chi connectivity index (χ0n) is 10.9. The first-order chi connectivity index (χ1) is 9.13. The van der Waals surface area contributed by atoms with Crippen LogP contribution in [0.1, 0.15) is 0 Å². The Kier molecular flexibility index (Phi) is 3.65. The van der Waals surface area contributed by atoms with Crippen molar-refractivity contribution in [1.82, 2.24) is 4.72 Å². The van der Waals surface area contributed by atoms with Gasteiger partial charge in [-0.25, -0.2) is 21.8 Å². The van der Waals surface area contributed by atoms with Crippen molar-refractivity contribution in [3.63, 3.8) is 0 Å². The Labute approximate surface area is 117 Å². The van der Waals surface area contributed by atoms with Gasteiger partial charge in [-0.05, 0) is 12.1 Å². The van der Waals surface area contributed by atoms with Crippen LogP contribution in [0.5, 0.6) is 0 Å². The van der Waals surface area contributed by atoms with Crippen molar-refractivity contribution in [3.05, 3.63) is 24.0 Å². The second-order valence-corrected chi connectivity index (χ2v) is 8.06. The quantitative estimate of drug-likeness (QED) is 0.837. The third kappa shape index (κ3) is 2.72.